The maximum atomic E-state index is 12.2. The number of hydrogen-bond acceptors (Lipinski definition) is 5. The van der Waals surface area contributed by atoms with E-state index in [-0.39, 0.29) is 5.97 Å². The monoisotopic (exact) mass is 298 g/mol. The molecule has 21 heavy (non-hydrogen) atoms. The summed E-state index contributed by atoms with van der Waals surface area (Å²) in [6, 6.07) is 11.7. The molecule has 106 valence electrons. The number of aromatic nitrogens is 1. The van der Waals surface area contributed by atoms with Crippen molar-refractivity contribution < 1.29 is 9.53 Å². The average molecular weight is 298 g/mol. The second-order valence-corrected chi connectivity index (χ2v) is 5.44. The molecular weight excluding hydrogens is 284 g/mol. The number of ether oxygens (including phenoxy) is 1. The van der Waals surface area contributed by atoms with Crippen LogP contribution in [0.3, 0.4) is 0 Å². The van der Waals surface area contributed by atoms with E-state index in [9.17, 15) is 4.79 Å². The second-order valence-electron chi connectivity index (χ2n) is 4.39. The third-order valence-electron chi connectivity index (χ3n) is 2.99. The van der Waals surface area contributed by atoms with E-state index in [0.29, 0.717) is 11.5 Å². The van der Waals surface area contributed by atoms with Crippen LogP contribution in [0.15, 0.2) is 48.8 Å². The van der Waals surface area contributed by atoms with Gasteiger partial charge in [-0.15, -0.1) is 11.3 Å². The van der Waals surface area contributed by atoms with Gasteiger partial charge in [-0.2, -0.15) is 0 Å². The Morgan fingerprint density at radius 2 is 2.14 bits per heavy atom. The van der Waals surface area contributed by atoms with Crippen molar-refractivity contribution >= 4 is 38.8 Å². The molecule has 0 bridgehead atoms. The minimum atomic E-state index is -0.301. The topological polar surface area (TPSA) is 51.2 Å². The predicted octanol–water partition coefficient (Wildman–Crippen LogP) is 4.22. The van der Waals surface area contributed by atoms with E-state index in [1.807, 2.05) is 36.4 Å². The van der Waals surface area contributed by atoms with Gasteiger partial charge in [0.25, 0.3) is 0 Å². The number of anilines is 2. The Morgan fingerprint density at radius 3 is 2.90 bits per heavy atom. The van der Waals surface area contributed by atoms with Gasteiger partial charge in [-0.3, -0.25) is 4.98 Å². The van der Waals surface area contributed by atoms with Crippen molar-refractivity contribution in [3.05, 3.63) is 53.7 Å². The standard InChI is InChI=1S/C16H14N2O2S/c1-2-20-16(19)15-14(18-11-6-5-9-17-10-11)12-7-3-4-8-13(12)21-15/h3-10,18H,2H2,1H3. The maximum absolute atomic E-state index is 12.2. The lowest BCUT2D eigenvalue weighted by molar-refractivity contribution is 0.0533. The lowest BCUT2D eigenvalue weighted by atomic mass is 10.2. The van der Waals surface area contributed by atoms with Crippen LogP contribution in [0.4, 0.5) is 11.4 Å². The molecule has 2 heterocycles. The third kappa shape index (κ3) is 2.73. The summed E-state index contributed by atoms with van der Waals surface area (Å²) < 4.78 is 6.20. The van der Waals surface area contributed by atoms with Crippen molar-refractivity contribution in [3.8, 4) is 0 Å². The molecule has 0 amide bonds. The van der Waals surface area contributed by atoms with Crippen LogP contribution in [0, 0.1) is 0 Å². The molecule has 3 rings (SSSR count). The van der Waals surface area contributed by atoms with Crippen LogP contribution in [0.25, 0.3) is 10.1 Å². The first-order valence-corrected chi connectivity index (χ1v) is 7.47. The van der Waals surface area contributed by atoms with Gasteiger partial charge < -0.3 is 10.1 Å². The normalized spacial score (nSPS) is 10.5. The van der Waals surface area contributed by atoms with Crippen LogP contribution in [-0.4, -0.2) is 17.6 Å². The number of esters is 1. The van der Waals surface area contributed by atoms with Gasteiger partial charge in [0.1, 0.15) is 4.88 Å². The van der Waals surface area contributed by atoms with E-state index >= 15 is 0 Å². The number of benzene rings is 1. The van der Waals surface area contributed by atoms with Crippen molar-refractivity contribution in [2.24, 2.45) is 0 Å². The number of pyridine rings is 1. The molecule has 0 radical (unpaired) electrons. The van der Waals surface area contributed by atoms with Gasteiger partial charge in [0.05, 0.1) is 24.2 Å². The van der Waals surface area contributed by atoms with Gasteiger partial charge in [-0.1, -0.05) is 18.2 Å². The summed E-state index contributed by atoms with van der Waals surface area (Å²) in [6.07, 6.45) is 3.44. The van der Waals surface area contributed by atoms with E-state index in [1.54, 1.807) is 19.3 Å². The highest BCUT2D eigenvalue weighted by Gasteiger charge is 2.19. The molecule has 0 spiro atoms. The van der Waals surface area contributed by atoms with Gasteiger partial charge in [0, 0.05) is 16.3 Å². The first-order chi connectivity index (χ1) is 10.3. The van der Waals surface area contributed by atoms with Crippen LogP contribution in [0.5, 0.6) is 0 Å². The number of nitrogens with one attached hydrogen (secondary N) is 1. The minimum Gasteiger partial charge on any atom is -0.462 e. The fourth-order valence-corrected chi connectivity index (χ4v) is 3.14. The van der Waals surface area contributed by atoms with E-state index in [1.165, 1.54) is 11.3 Å². The number of carbonyl (C=O) groups is 1. The fourth-order valence-electron chi connectivity index (χ4n) is 2.09. The second kappa shape index (κ2) is 5.93. The Labute approximate surface area is 126 Å². The van der Waals surface area contributed by atoms with E-state index in [2.05, 4.69) is 10.3 Å². The highest BCUT2D eigenvalue weighted by Crippen LogP contribution is 2.37. The smallest absolute Gasteiger partial charge is 0.350 e. The summed E-state index contributed by atoms with van der Waals surface area (Å²) >= 11 is 1.43. The van der Waals surface area contributed by atoms with Gasteiger partial charge in [0.2, 0.25) is 0 Å². The molecule has 0 aliphatic rings. The molecule has 4 nitrogen and oxygen atoms in total. The molecule has 3 aromatic rings. The zero-order valence-electron chi connectivity index (χ0n) is 11.5. The van der Waals surface area contributed by atoms with Crippen LogP contribution in [0.1, 0.15) is 16.6 Å². The largest absolute Gasteiger partial charge is 0.462 e. The molecule has 0 fully saturated rings. The summed E-state index contributed by atoms with van der Waals surface area (Å²) in [5.74, 6) is -0.301. The first kappa shape index (κ1) is 13.6. The summed E-state index contributed by atoms with van der Waals surface area (Å²) in [5.41, 5.74) is 1.62. The average Bonchev–Trinajstić information content (AvgIpc) is 2.88. The first-order valence-electron chi connectivity index (χ1n) is 6.65. The Hall–Kier alpha value is -2.40. The Balaban J connectivity index is 2.09. The molecule has 5 heteroatoms. The van der Waals surface area contributed by atoms with E-state index in [0.717, 1.165) is 21.5 Å². The van der Waals surface area contributed by atoms with Gasteiger partial charge in [0.15, 0.2) is 0 Å². The Morgan fingerprint density at radius 1 is 1.29 bits per heavy atom. The molecule has 0 unspecified atom stereocenters. The van der Waals surface area contributed by atoms with Crippen molar-refractivity contribution in [3.63, 3.8) is 0 Å². The Kier molecular flexibility index (Phi) is 3.83. The number of fused-ring (bicyclic) bond motifs is 1. The van der Waals surface area contributed by atoms with Crippen molar-refractivity contribution in [2.75, 3.05) is 11.9 Å². The van der Waals surface area contributed by atoms with E-state index in [4.69, 9.17) is 4.74 Å². The fraction of sp³-hybridized carbons (Fsp3) is 0.125. The third-order valence-corrected chi connectivity index (χ3v) is 4.14. The summed E-state index contributed by atoms with van der Waals surface area (Å²) in [6.45, 7) is 2.17. The molecule has 1 aromatic carbocycles. The molecule has 0 saturated heterocycles. The zero-order valence-corrected chi connectivity index (χ0v) is 12.3. The molecule has 0 aliphatic carbocycles. The van der Waals surface area contributed by atoms with Gasteiger partial charge in [-0.05, 0) is 25.1 Å². The molecule has 1 N–H and O–H groups in total. The number of thiophene rings is 1. The zero-order chi connectivity index (χ0) is 14.7. The van der Waals surface area contributed by atoms with Crippen LogP contribution in [-0.2, 0) is 4.74 Å². The molecule has 0 saturated carbocycles. The lowest BCUT2D eigenvalue weighted by Gasteiger charge is -2.07. The van der Waals surface area contributed by atoms with Crippen molar-refractivity contribution in [1.29, 1.82) is 0 Å². The minimum absolute atomic E-state index is 0.301. The van der Waals surface area contributed by atoms with Gasteiger partial charge >= 0.3 is 5.97 Å². The van der Waals surface area contributed by atoms with Crippen LogP contribution in [0.2, 0.25) is 0 Å². The van der Waals surface area contributed by atoms with Crippen molar-refractivity contribution in [2.45, 2.75) is 6.92 Å². The van der Waals surface area contributed by atoms with Crippen molar-refractivity contribution in [1.82, 2.24) is 4.98 Å². The molecule has 2 aromatic heterocycles. The number of nitrogens with zero attached hydrogens (tertiary/aromatic N) is 1. The van der Waals surface area contributed by atoms with Gasteiger partial charge in [-0.25, -0.2) is 4.79 Å². The van der Waals surface area contributed by atoms with E-state index < -0.39 is 0 Å². The maximum Gasteiger partial charge on any atom is 0.350 e. The van der Waals surface area contributed by atoms with Crippen LogP contribution < -0.4 is 5.32 Å². The molecule has 0 atom stereocenters. The summed E-state index contributed by atoms with van der Waals surface area (Å²) in [5, 5.41) is 4.29. The number of hydrogen-bond donors (Lipinski definition) is 1. The number of rotatable bonds is 4. The SMILES string of the molecule is CCOC(=O)c1sc2ccccc2c1Nc1cccnc1. The number of carbonyl (C=O) groups excluding carboxylic acids is 1. The lowest BCUT2D eigenvalue weighted by Crippen LogP contribution is -2.05. The molecular formula is C16H14N2O2S. The quantitative estimate of drug-likeness (QED) is 0.733. The highest BCUT2D eigenvalue weighted by atomic mass is 32.1. The highest BCUT2D eigenvalue weighted by molar-refractivity contribution is 7.21. The Bertz CT molecular complexity index is 768. The summed E-state index contributed by atoms with van der Waals surface area (Å²) in [7, 11) is 0. The summed E-state index contributed by atoms with van der Waals surface area (Å²) in [4.78, 5) is 16.8. The van der Waals surface area contributed by atoms with Crippen LogP contribution >= 0.6 is 11.3 Å². The predicted molar refractivity (Wildman–Crippen MR) is 85.3 cm³/mol. The molecule has 0 aliphatic heterocycles.